The molecule has 0 fully saturated rings. The summed E-state index contributed by atoms with van der Waals surface area (Å²) in [6.45, 7) is 10.4. The predicted octanol–water partition coefficient (Wildman–Crippen LogP) is 2.28. The maximum absolute atomic E-state index is 13.3. The van der Waals surface area contributed by atoms with Crippen LogP contribution in [0.1, 0.15) is 53.0 Å². The van der Waals surface area contributed by atoms with Crippen LogP contribution >= 0.6 is 0 Å². The van der Waals surface area contributed by atoms with E-state index in [9.17, 15) is 28.8 Å². The van der Waals surface area contributed by atoms with Crippen molar-refractivity contribution >= 4 is 35.9 Å². The van der Waals surface area contributed by atoms with E-state index in [1.807, 2.05) is 0 Å². The van der Waals surface area contributed by atoms with E-state index in [4.69, 9.17) is 19.3 Å². The molecular formula is C28H40N4O10. The molecule has 0 aliphatic carbocycles. The Morgan fingerprint density at radius 1 is 1.00 bits per heavy atom. The lowest BCUT2D eigenvalue weighted by molar-refractivity contribution is -0.155. The number of carboxylic acid groups (broad SMARTS) is 1. The number of benzene rings is 1. The van der Waals surface area contributed by atoms with Crippen LogP contribution in [0.2, 0.25) is 0 Å². The smallest absolute Gasteiger partial charge is 0.429 e. The standard InChI is InChI=1S/C28H40N4O10/c1-7-15-40-27(39)32(16-21(33)34)31-25(37)23(18(2)3)30-24(36)20(13-14-22(35)42-28(4,5)6)29-26(38)41-17-19-11-9-8-10-12-19/h7-12,18,20,23H,1,13-17H2,2-6H3,(H,29,38)(H,30,36)(H,31,37)(H,33,34)/t20-,23-/m0/s1. The number of amides is 4. The number of alkyl carbamates (subject to hydrolysis) is 1. The Bertz CT molecular complexity index is 1100. The maximum atomic E-state index is 13.3. The number of hydrazine groups is 1. The van der Waals surface area contributed by atoms with Crippen LogP contribution in [-0.2, 0) is 40.0 Å². The SMILES string of the molecule is C=CCOC(=O)N(CC(=O)O)NC(=O)[C@@H](NC(=O)[C@H](CCC(=O)OC(C)(C)C)NC(=O)OCc1ccccc1)C(C)C. The van der Waals surface area contributed by atoms with Crippen LogP contribution < -0.4 is 16.1 Å². The molecule has 1 aromatic rings. The van der Waals surface area contributed by atoms with Crippen molar-refractivity contribution in [2.45, 2.75) is 71.8 Å². The van der Waals surface area contributed by atoms with Crippen molar-refractivity contribution in [3.8, 4) is 0 Å². The van der Waals surface area contributed by atoms with E-state index >= 15 is 0 Å². The molecule has 0 aromatic heterocycles. The molecule has 14 heteroatoms. The number of hydrogen-bond donors (Lipinski definition) is 4. The zero-order valence-electron chi connectivity index (χ0n) is 24.5. The first-order chi connectivity index (χ1) is 19.6. The van der Waals surface area contributed by atoms with Crippen LogP contribution in [0.4, 0.5) is 9.59 Å². The molecule has 0 heterocycles. The van der Waals surface area contributed by atoms with Crippen LogP contribution in [0.25, 0.3) is 0 Å². The second kappa shape index (κ2) is 17.3. The molecule has 14 nitrogen and oxygen atoms in total. The van der Waals surface area contributed by atoms with E-state index in [1.54, 1.807) is 65.0 Å². The van der Waals surface area contributed by atoms with E-state index < -0.39 is 66.1 Å². The molecule has 232 valence electrons. The van der Waals surface area contributed by atoms with Gasteiger partial charge in [-0.2, -0.15) is 0 Å². The third-order valence-corrected chi connectivity index (χ3v) is 5.21. The fraction of sp³-hybridized carbons (Fsp3) is 0.500. The van der Waals surface area contributed by atoms with Gasteiger partial charge in [0.25, 0.3) is 5.91 Å². The average molecular weight is 593 g/mol. The lowest BCUT2D eigenvalue weighted by atomic mass is 10.0. The molecule has 0 bridgehead atoms. The number of carbonyl (C=O) groups is 6. The average Bonchev–Trinajstić information content (AvgIpc) is 2.89. The van der Waals surface area contributed by atoms with Crippen molar-refractivity contribution < 1.29 is 48.1 Å². The van der Waals surface area contributed by atoms with E-state index in [2.05, 4.69) is 22.6 Å². The minimum atomic E-state index is -1.43. The second-order valence-electron chi connectivity index (χ2n) is 10.4. The zero-order chi connectivity index (χ0) is 31.9. The molecule has 0 unspecified atom stereocenters. The molecular weight excluding hydrogens is 552 g/mol. The summed E-state index contributed by atoms with van der Waals surface area (Å²) in [6, 6.07) is 6.21. The Morgan fingerprint density at radius 2 is 1.64 bits per heavy atom. The van der Waals surface area contributed by atoms with Crippen molar-refractivity contribution in [1.29, 1.82) is 0 Å². The molecule has 0 radical (unpaired) electrons. The van der Waals surface area contributed by atoms with Crippen LogP contribution in [0.5, 0.6) is 0 Å². The third-order valence-electron chi connectivity index (χ3n) is 5.21. The molecule has 0 saturated carbocycles. The summed E-state index contributed by atoms with van der Waals surface area (Å²) < 4.78 is 15.3. The summed E-state index contributed by atoms with van der Waals surface area (Å²) in [4.78, 5) is 74.6. The Balaban J connectivity index is 3.04. The van der Waals surface area contributed by atoms with Gasteiger partial charge in [0.1, 0.15) is 37.4 Å². The van der Waals surface area contributed by atoms with Crippen LogP contribution in [0, 0.1) is 5.92 Å². The first-order valence-corrected chi connectivity index (χ1v) is 13.2. The van der Waals surface area contributed by atoms with Gasteiger partial charge in [-0.1, -0.05) is 56.8 Å². The number of nitrogens with zero attached hydrogens (tertiary/aromatic N) is 1. The lowest BCUT2D eigenvalue weighted by Crippen LogP contribution is -2.59. The molecule has 0 aliphatic rings. The topological polar surface area (TPSA) is 190 Å². The van der Waals surface area contributed by atoms with E-state index in [-0.39, 0.29) is 26.1 Å². The predicted molar refractivity (Wildman–Crippen MR) is 149 cm³/mol. The van der Waals surface area contributed by atoms with Gasteiger partial charge in [0, 0.05) is 6.42 Å². The molecule has 1 rings (SSSR count). The van der Waals surface area contributed by atoms with Gasteiger partial charge >= 0.3 is 24.1 Å². The van der Waals surface area contributed by atoms with Crippen molar-refractivity contribution in [3.63, 3.8) is 0 Å². The number of carbonyl (C=O) groups excluding carboxylic acids is 5. The molecule has 4 N–H and O–H groups in total. The highest BCUT2D eigenvalue weighted by atomic mass is 16.6. The van der Waals surface area contributed by atoms with Gasteiger partial charge in [-0.3, -0.25) is 24.6 Å². The normalized spacial score (nSPS) is 12.2. The maximum Gasteiger partial charge on any atom is 0.429 e. The molecule has 0 saturated heterocycles. The van der Waals surface area contributed by atoms with Crippen LogP contribution in [0.3, 0.4) is 0 Å². The summed E-state index contributed by atoms with van der Waals surface area (Å²) >= 11 is 0. The monoisotopic (exact) mass is 592 g/mol. The highest BCUT2D eigenvalue weighted by Crippen LogP contribution is 2.12. The van der Waals surface area contributed by atoms with Crippen molar-refractivity contribution in [3.05, 3.63) is 48.6 Å². The number of aliphatic carboxylic acids is 1. The Kier molecular flexibility index (Phi) is 14.5. The fourth-order valence-electron chi connectivity index (χ4n) is 3.32. The summed E-state index contributed by atoms with van der Waals surface area (Å²) in [5.41, 5.74) is 2.08. The number of hydrogen-bond acceptors (Lipinski definition) is 9. The summed E-state index contributed by atoms with van der Waals surface area (Å²) in [6.07, 6.45) is -1.27. The highest BCUT2D eigenvalue weighted by molar-refractivity contribution is 5.92. The fourth-order valence-corrected chi connectivity index (χ4v) is 3.32. The molecule has 1 aromatic carbocycles. The van der Waals surface area contributed by atoms with E-state index in [0.29, 0.717) is 10.6 Å². The van der Waals surface area contributed by atoms with Gasteiger partial charge in [0.2, 0.25) is 5.91 Å². The summed E-state index contributed by atoms with van der Waals surface area (Å²) in [5.74, 6) is -4.35. The minimum Gasteiger partial charge on any atom is -0.480 e. The molecule has 0 spiro atoms. The van der Waals surface area contributed by atoms with Gasteiger partial charge in [-0.05, 0) is 38.7 Å². The molecule has 0 aliphatic heterocycles. The van der Waals surface area contributed by atoms with Gasteiger partial charge in [-0.25, -0.2) is 14.6 Å². The quantitative estimate of drug-likeness (QED) is 0.108. The van der Waals surface area contributed by atoms with Crippen LogP contribution in [0.15, 0.2) is 43.0 Å². The van der Waals surface area contributed by atoms with Crippen LogP contribution in [-0.4, -0.2) is 76.9 Å². The number of esters is 1. The Labute approximate surface area is 244 Å². The molecule has 4 amide bonds. The van der Waals surface area contributed by atoms with Gasteiger partial charge in [-0.15, -0.1) is 0 Å². The molecule has 2 atom stereocenters. The first-order valence-electron chi connectivity index (χ1n) is 13.2. The first kappa shape index (κ1) is 35.4. The molecule has 42 heavy (non-hydrogen) atoms. The zero-order valence-corrected chi connectivity index (χ0v) is 24.5. The van der Waals surface area contributed by atoms with Crippen molar-refractivity contribution in [1.82, 2.24) is 21.1 Å². The van der Waals surface area contributed by atoms with Gasteiger partial charge < -0.3 is 30.0 Å². The third kappa shape index (κ3) is 14.1. The minimum absolute atomic E-state index is 0.0779. The second-order valence-corrected chi connectivity index (χ2v) is 10.4. The van der Waals surface area contributed by atoms with Gasteiger partial charge in [0.15, 0.2) is 0 Å². The van der Waals surface area contributed by atoms with Gasteiger partial charge in [0.05, 0.1) is 0 Å². The van der Waals surface area contributed by atoms with Crippen molar-refractivity contribution in [2.24, 2.45) is 5.92 Å². The largest absolute Gasteiger partial charge is 0.480 e. The highest BCUT2D eigenvalue weighted by Gasteiger charge is 2.32. The number of rotatable bonds is 14. The Morgan fingerprint density at radius 3 is 2.19 bits per heavy atom. The number of nitrogens with one attached hydrogen (secondary N) is 3. The van der Waals surface area contributed by atoms with E-state index in [0.717, 1.165) is 0 Å². The van der Waals surface area contributed by atoms with Crippen molar-refractivity contribution in [2.75, 3.05) is 13.2 Å². The number of carboxylic acids is 1. The van der Waals surface area contributed by atoms with E-state index in [1.165, 1.54) is 6.08 Å². The number of ether oxygens (including phenoxy) is 3. The summed E-state index contributed by atoms with van der Waals surface area (Å²) in [7, 11) is 0. The Hall–Kier alpha value is -4.62. The summed E-state index contributed by atoms with van der Waals surface area (Å²) in [5, 5.41) is 14.5. The lowest BCUT2D eigenvalue weighted by Gasteiger charge is -2.28.